The van der Waals surface area contributed by atoms with Crippen LogP contribution in [0.1, 0.15) is 65.9 Å². The molecule has 3 aliphatic rings. The molecule has 6 nitrogen and oxygen atoms in total. The molecule has 1 aromatic rings. The van der Waals surface area contributed by atoms with Gasteiger partial charge in [0.1, 0.15) is 0 Å². The van der Waals surface area contributed by atoms with E-state index in [0.29, 0.717) is 11.1 Å². The second kappa shape index (κ2) is 11.9. The third kappa shape index (κ3) is 7.34. The largest absolute Gasteiger partial charge is 0.335 e. The Morgan fingerprint density at radius 1 is 1.05 bits per heavy atom. The summed E-state index contributed by atoms with van der Waals surface area (Å²) in [6.45, 7) is 11.9. The molecule has 4 rings (SSSR count). The number of hydrogen-bond donors (Lipinski definition) is 0. The summed E-state index contributed by atoms with van der Waals surface area (Å²) in [5.74, 6) is -1.47. The molecule has 0 radical (unpaired) electrons. The minimum Gasteiger partial charge on any atom is -0.335 e. The van der Waals surface area contributed by atoms with E-state index in [1.54, 1.807) is 19.1 Å². The fourth-order valence-electron chi connectivity index (χ4n) is 5.32. The number of aryl methyl sites for hydroxylation is 1. The topological polar surface area (TPSA) is 78.9 Å². The van der Waals surface area contributed by atoms with E-state index >= 15 is 0 Å². The molecule has 210 valence electrons. The Balaban J connectivity index is 1.62. The van der Waals surface area contributed by atoms with E-state index in [9.17, 15) is 13.2 Å². The van der Waals surface area contributed by atoms with E-state index < -0.39 is 22.0 Å². The number of carbonyl (C=O) groups is 1. The molecular formula is C32H40O6S. The number of fused-ring (bicyclic) bond motifs is 1. The van der Waals surface area contributed by atoms with Gasteiger partial charge in [0.2, 0.25) is 5.79 Å². The van der Waals surface area contributed by atoms with E-state index in [4.69, 9.17) is 13.7 Å². The van der Waals surface area contributed by atoms with Gasteiger partial charge >= 0.3 is 0 Å². The maximum Gasteiger partial charge on any atom is 0.297 e. The van der Waals surface area contributed by atoms with Crippen LogP contribution >= 0.6 is 0 Å². The number of allylic oxidation sites excluding steroid dienone is 4. The van der Waals surface area contributed by atoms with Crippen LogP contribution in [-0.4, -0.2) is 38.8 Å². The van der Waals surface area contributed by atoms with Crippen LogP contribution in [0.2, 0.25) is 0 Å². The average molecular weight is 553 g/mol. The normalized spacial score (nSPS) is 27.4. The lowest BCUT2D eigenvalue weighted by Crippen LogP contribution is -2.49. The first-order valence-corrected chi connectivity index (χ1v) is 15.0. The number of carbonyl (C=O) groups excluding carboxylic acids is 1. The number of ketones is 1. The lowest BCUT2D eigenvalue weighted by molar-refractivity contribution is -0.224. The van der Waals surface area contributed by atoms with Gasteiger partial charge in [-0.2, -0.15) is 8.42 Å². The van der Waals surface area contributed by atoms with Crippen LogP contribution in [0.25, 0.3) is 0 Å². The summed E-state index contributed by atoms with van der Waals surface area (Å²) in [6.07, 6.45) is 12.3. The molecule has 4 atom stereocenters. The molecular weight excluding hydrogens is 512 g/mol. The highest BCUT2D eigenvalue weighted by molar-refractivity contribution is 7.86. The minimum absolute atomic E-state index is 0.0205. The molecule has 1 spiro atoms. The summed E-state index contributed by atoms with van der Waals surface area (Å²) in [4.78, 5) is 12.7. The SMILES string of the molecule is CC(C)=CCC/C(C)=C/[C@@H]1CC(C)=C[C@]2(C=C(COS(=O)(=O)c3ccc(C)cc3)[C@H]3CC(=O)C(C)=C[C@H]3O2)O1. The Kier molecular flexibility index (Phi) is 8.96. The molecule has 1 aliphatic carbocycles. The molecule has 2 aliphatic heterocycles. The number of benzene rings is 1. The summed E-state index contributed by atoms with van der Waals surface area (Å²) >= 11 is 0. The number of rotatable bonds is 8. The fraction of sp³-hybridized carbons (Fsp3) is 0.469. The Bertz CT molecular complexity index is 1360. The van der Waals surface area contributed by atoms with Gasteiger partial charge in [0.15, 0.2) is 5.78 Å². The second-order valence-corrected chi connectivity index (χ2v) is 12.9. The molecule has 0 unspecified atom stereocenters. The molecule has 0 aromatic heterocycles. The van der Waals surface area contributed by atoms with Crippen LogP contribution in [0.15, 0.2) is 87.4 Å². The third-order valence-corrected chi connectivity index (χ3v) is 8.68. The van der Waals surface area contributed by atoms with Gasteiger partial charge in [-0.3, -0.25) is 8.98 Å². The van der Waals surface area contributed by atoms with Gasteiger partial charge in [0.25, 0.3) is 10.1 Å². The maximum absolute atomic E-state index is 13.0. The van der Waals surface area contributed by atoms with E-state index in [0.717, 1.165) is 30.4 Å². The first-order chi connectivity index (χ1) is 18.4. The highest BCUT2D eigenvalue weighted by Gasteiger charge is 2.46. The Morgan fingerprint density at radius 2 is 1.77 bits per heavy atom. The van der Waals surface area contributed by atoms with Crippen LogP contribution in [0.3, 0.4) is 0 Å². The highest BCUT2D eigenvalue weighted by atomic mass is 32.2. The summed E-state index contributed by atoms with van der Waals surface area (Å²) in [5, 5.41) is 0. The van der Waals surface area contributed by atoms with Gasteiger partial charge in [0.05, 0.1) is 23.7 Å². The zero-order valence-electron chi connectivity index (χ0n) is 23.8. The van der Waals surface area contributed by atoms with Crippen molar-refractivity contribution >= 4 is 15.9 Å². The van der Waals surface area contributed by atoms with Crippen molar-refractivity contribution in [3.8, 4) is 0 Å². The molecule has 0 fully saturated rings. The van der Waals surface area contributed by atoms with Gasteiger partial charge in [-0.1, -0.05) is 46.6 Å². The number of Topliss-reactive ketones (excluding diaryl/α,β-unsaturated/α-hetero) is 1. The Hall–Kier alpha value is -2.58. The van der Waals surface area contributed by atoms with Crippen molar-refractivity contribution in [1.29, 1.82) is 0 Å². The molecule has 2 heterocycles. The van der Waals surface area contributed by atoms with E-state index in [1.165, 1.54) is 23.3 Å². The monoisotopic (exact) mass is 552 g/mol. The van der Waals surface area contributed by atoms with Crippen LogP contribution in [0.4, 0.5) is 0 Å². The summed E-state index contributed by atoms with van der Waals surface area (Å²) in [6, 6.07) is 6.55. The van der Waals surface area contributed by atoms with Crippen molar-refractivity contribution in [3.63, 3.8) is 0 Å². The second-order valence-electron chi connectivity index (χ2n) is 11.3. The predicted octanol–water partition coefficient (Wildman–Crippen LogP) is 6.69. The Labute approximate surface area is 233 Å². The summed E-state index contributed by atoms with van der Waals surface area (Å²) < 4.78 is 44.6. The number of hydrogen-bond acceptors (Lipinski definition) is 6. The third-order valence-electron chi connectivity index (χ3n) is 7.40. The zero-order chi connectivity index (χ0) is 28.4. The van der Waals surface area contributed by atoms with Crippen molar-refractivity contribution in [1.82, 2.24) is 0 Å². The van der Waals surface area contributed by atoms with E-state index in [-0.39, 0.29) is 35.7 Å². The van der Waals surface area contributed by atoms with Crippen molar-refractivity contribution in [2.45, 2.75) is 90.1 Å². The van der Waals surface area contributed by atoms with Crippen LogP contribution in [0.5, 0.6) is 0 Å². The van der Waals surface area contributed by atoms with Gasteiger partial charge in [0, 0.05) is 12.3 Å². The fourth-order valence-corrected chi connectivity index (χ4v) is 6.22. The maximum atomic E-state index is 13.0. The number of ether oxygens (including phenoxy) is 2. The van der Waals surface area contributed by atoms with Crippen molar-refractivity contribution < 1.29 is 26.9 Å². The van der Waals surface area contributed by atoms with Crippen molar-refractivity contribution in [2.75, 3.05) is 6.61 Å². The molecule has 0 bridgehead atoms. The average Bonchev–Trinajstić information content (AvgIpc) is 2.83. The minimum atomic E-state index is -3.99. The van der Waals surface area contributed by atoms with E-state index in [2.05, 4.69) is 39.8 Å². The van der Waals surface area contributed by atoms with Crippen LogP contribution in [0, 0.1) is 12.8 Å². The van der Waals surface area contributed by atoms with Gasteiger partial charge in [-0.05, 0) is 102 Å². The molecule has 0 amide bonds. The quantitative estimate of drug-likeness (QED) is 0.264. The van der Waals surface area contributed by atoms with Crippen molar-refractivity contribution in [3.05, 3.63) is 88.1 Å². The van der Waals surface area contributed by atoms with Crippen LogP contribution in [-0.2, 0) is 28.6 Å². The first-order valence-electron chi connectivity index (χ1n) is 13.6. The molecule has 0 saturated carbocycles. The lowest BCUT2D eigenvalue weighted by Gasteiger charge is -2.45. The van der Waals surface area contributed by atoms with E-state index in [1.807, 2.05) is 25.2 Å². The smallest absolute Gasteiger partial charge is 0.297 e. The van der Waals surface area contributed by atoms with Gasteiger partial charge < -0.3 is 9.47 Å². The van der Waals surface area contributed by atoms with Crippen LogP contribution < -0.4 is 0 Å². The molecule has 7 heteroatoms. The summed E-state index contributed by atoms with van der Waals surface area (Å²) in [5.41, 5.74) is 5.96. The lowest BCUT2D eigenvalue weighted by atomic mass is 9.79. The zero-order valence-corrected chi connectivity index (χ0v) is 24.6. The first kappa shape index (κ1) is 29.4. The Morgan fingerprint density at radius 3 is 2.46 bits per heavy atom. The standard InChI is InChI=1S/C32H40O6S/c1-21(2)8-7-9-23(4)14-27-15-24(5)18-32(37-27)19-26(29-17-30(33)25(6)16-31(29)38-32)20-36-39(34,35)28-12-10-22(3)11-13-28/h8,10-14,16,18-19,27,29,31H,7,9,15,17,20H2,1-6H3/b23-14+/t27-,29-,31-,32+/m1/s1. The molecule has 0 N–H and O–H groups in total. The van der Waals surface area contributed by atoms with Gasteiger partial charge in [-0.15, -0.1) is 0 Å². The molecule has 39 heavy (non-hydrogen) atoms. The molecule has 0 saturated heterocycles. The summed E-state index contributed by atoms with van der Waals surface area (Å²) in [7, 11) is -3.99. The highest BCUT2D eigenvalue weighted by Crippen LogP contribution is 2.43. The van der Waals surface area contributed by atoms with Crippen molar-refractivity contribution in [2.24, 2.45) is 5.92 Å². The van der Waals surface area contributed by atoms with Gasteiger partial charge in [-0.25, -0.2) is 0 Å². The predicted molar refractivity (Wildman–Crippen MR) is 153 cm³/mol. The molecule has 1 aromatic carbocycles.